The van der Waals surface area contributed by atoms with E-state index in [1.165, 1.54) is 27.8 Å². The largest absolute Gasteiger partial charge is 0.0955 e. The maximum atomic E-state index is 3.99. The van der Waals surface area contributed by atoms with Crippen LogP contribution >= 0.6 is 0 Å². The predicted octanol–water partition coefficient (Wildman–Crippen LogP) is 5.79. The topological polar surface area (TPSA) is 0 Å². The lowest BCUT2D eigenvalue weighted by atomic mass is 9.94. The Morgan fingerprint density at radius 1 is 1.22 bits per heavy atom. The summed E-state index contributed by atoms with van der Waals surface area (Å²) in [6.45, 7) is 14.7. The normalized spacial score (nSPS) is 12.7. The fourth-order valence-electron chi connectivity index (χ4n) is 1.98. The number of hydrogen-bond donors (Lipinski definition) is 0. The molecule has 0 aliphatic heterocycles. The van der Waals surface area contributed by atoms with Crippen LogP contribution in [-0.4, -0.2) is 0 Å². The summed E-state index contributed by atoms with van der Waals surface area (Å²) in [4.78, 5) is 0. The summed E-state index contributed by atoms with van der Waals surface area (Å²) >= 11 is 0. The minimum atomic E-state index is 1.08. The Hall–Kier alpha value is -1.56. The lowest BCUT2D eigenvalue weighted by Crippen LogP contribution is -1.90. The molecule has 0 aliphatic carbocycles. The van der Waals surface area contributed by atoms with Gasteiger partial charge in [-0.15, -0.1) is 0 Å². The van der Waals surface area contributed by atoms with Crippen LogP contribution < -0.4 is 0 Å². The van der Waals surface area contributed by atoms with Gasteiger partial charge in [0, 0.05) is 0 Å². The van der Waals surface area contributed by atoms with Gasteiger partial charge in [-0.2, -0.15) is 0 Å². The predicted molar refractivity (Wildman–Crippen MR) is 83.6 cm³/mol. The molecule has 0 aliphatic rings. The van der Waals surface area contributed by atoms with E-state index in [9.17, 15) is 0 Å². The first kappa shape index (κ1) is 14.5. The Kier molecular flexibility index (Phi) is 5.15. The van der Waals surface area contributed by atoms with Crippen molar-refractivity contribution in [1.29, 1.82) is 0 Å². The van der Waals surface area contributed by atoms with E-state index >= 15 is 0 Å². The van der Waals surface area contributed by atoms with Gasteiger partial charge in [0.05, 0.1) is 0 Å². The average Bonchev–Trinajstić information content (AvgIpc) is 2.34. The maximum absolute atomic E-state index is 3.99. The Morgan fingerprint density at radius 3 is 2.39 bits per heavy atom. The third-order valence-electron chi connectivity index (χ3n) is 3.32. The van der Waals surface area contributed by atoms with Crippen LogP contribution in [0.2, 0.25) is 0 Å². The molecule has 0 saturated heterocycles. The van der Waals surface area contributed by atoms with Crippen molar-refractivity contribution in [2.75, 3.05) is 0 Å². The van der Waals surface area contributed by atoms with Gasteiger partial charge in [-0.05, 0) is 62.0 Å². The van der Waals surface area contributed by atoms with E-state index in [1.807, 2.05) is 6.92 Å². The third-order valence-corrected chi connectivity index (χ3v) is 3.32. The summed E-state index contributed by atoms with van der Waals surface area (Å²) in [6.07, 6.45) is 5.50. The van der Waals surface area contributed by atoms with E-state index in [2.05, 4.69) is 64.6 Å². The fraction of sp³-hybridized carbons (Fsp3) is 0.333. The Labute approximate surface area is 112 Å². The number of rotatable bonds is 4. The molecule has 0 radical (unpaired) electrons. The minimum absolute atomic E-state index is 1.08. The maximum Gasteiger partial charge on any atom is -0.0195 e. The molecule has 1 rings (SSSR count). The van der Waals surface area contributed by atoms with Gasteiger partial charge in [0.1, 0.15) is 0 Å². The first-order chi connectivity index (χ1) is 8.47. The van der Waals surface area contributed by atoms with E-state index < -0.39 is 0 Å². The van der Waals surface area contributed by atoms with Crippen LogP contribution in [0.4, 0.5) is 0 Å². The highest BCUT2D eigenvalue weighted by Gasteiger charge is 2.04. The first-order valence-electron chi connectivity index (χ1n) is 6.58. The highest BCUT2D eigenvalue weighted by Crippen LogP contribution is 2.25. The summed E-state index contributed by atoms with van der Waals surface area (Å²) in [6, 6.07) is 6.58. The smallest absolute Gasteiger partial charge is 0.0195 e. The Balaban J connectivity index is 3.18. The standard InChI is InChI=1S/C18H24/c1-7-8-9-14(4)16(6)18-11-10-17(13(2)3)12-15(18)5/h8-12H,2,7H2,1,3-6H3/b9-8-,16-14+. The first-order valence-corrected chi connectivity index (χ1v) is 6.58. The van der Waals surface area contributed by atoms with Gasteiger partial charge in [-0.1, -0.05) is 49.4 Å². The molecule has 0 unspecified atom stereocenters. The lowest BCUT2D eigenvalue weighted by Gasteiger charge is -2.11. The summed E-state index contributed by atoms with van der Waals surface area (Å²) in [7, 11) is 0. The van der Waals surface area contributed by atoms with Crippen molar-refractivity contribution >= 4 is 11.1 Å². The highest BCUT2D eigenvalue weighted by molar-refractivity contribution is 5.73. The second-order valence-corrected chi connectivity index (χ2v) is 4.93. The van der Waals surface area contributed by atoms with Gasteiger partial charge < -0.3 is 0 Å². The van der Waals surface area contributed by atoms with Gasteiger partial charge >= 0.3 is 0 Å². The molecular formula is C18H24. The quantitative estimate of drug-likeness (QED) is 0.584. The summed E-state index contributed by atoms with van der Waals surface area (Å²) in [5.74, 6) is 0. The van der Waals surface area contributed by atoms with Crippen LogP contribution in [0.15, 0.2) is 42.5 Å². The summed E-state index contributed by atoms with van der Waals surface area (Å²) < 4.78 is 0. The molecule has 0 N–H and O–H groups in total. The molecule has 0 bridgehead atoms. The van der Waals surface area contributed by atoms with Crippen molar-refractivity contribution in [3.8, 4) is 0 Å². The molecule has 0 heteroatoms. The van der Waals surface area contributed by atoms with Crippen LogP contribution in [0.5, 0.6) is 0 Å². The van der Waals surface area contributed by atoms with Crippen molar-refractivity contribution in [2.45, 2.75) is 41.0 Å². The van der Waals surface area contributed by atoms with E-state index in [1.54, 1.807) is 0 Å². The van der Waals surface area contributed by atoms with Crippen molar-refractivity contribution < 1.29 is 0 Å². The van der Waals surface area contributed by atoms with Crippen LogP contribution in [0.25, 0.3) is 11.1 Å². The van der Waals surface area contributed by atoms with Gasteiger partial charge in [-0.25, -0.2) is 0 Å². The Bertz CT molecular complexity index is 499. The molecule has 1 aromatic rings. The monoisotopic (exact) mass is 240 g/mol. The molecular weight excluding hydrogens is 216 g/mol. The van der Waals surface area contributed by atoms with E-state index in [-0.39, 0.29) is 0 Å². The lowest BCUT2D eigenvalue weighted by molar-refractivity contribution is 1.22. The van der Waals surface area contributed by atoms with Gasteiger partial charge in [0.15, 0.2) is 0 Å². The van der Waals surface area contributed by atoms with Crippen LogP contribution in [0, 0.1) is 6.92 Å². The Morgan fingerprint density at radius 2 is 1.89 bits per heavy atom. The van der Waals surface area contributed by atoms with E-state index in [4.69, 9.17) is 0 Å². The number of aryl methyl sites for hydroxylation is 1. The van der Waals surface area contributed by atoms with Gasteiger partial charge in [0.25, 0.3) is 0 Å². The fourth-order valence-corrected chi connectivity index (χ4v) is 1.98. The molecule has 18 heavy (non-hydrogen) atoms. The molecule has 0 amide bonds. The number of benzene rings is 1. The molecule has 0 aromatic heterocycles. The molecule has 0 nitrogen and oxygen atoms in total. The second kappa shape index (κ2) is 6.39. The average molecular weight is 240 g/mol. The molecule has 0 saturated carbocycles. The van der Waals surface area contributed by atoms with Crippen LogP contribution in [-0.2, 0) is 0 Å². The van der Waals surface area contributed by atoms with Crippen LogP contribution in [0.3, 0.4) is 0 Å². The SMILES string of the molecule is C=C(C)c1ccc(/C(C)=C(C)/C=C\CC)c(C)c1. The zero-order valence-electron chi connectivity index (χ0n) is 12.3. The molecule has 96 valence electrons. The zero-order valence-corrected chi connectivity index (χ0v) is 12.3. The minimum Gasteiger partial charge on any atom is -0.0955 e. The molecule has 0 spiro atoms. The molecule has 0 heterocycles. The second-order valence-electron chi connectivity index (χ2n) is 4.93. The van der Waals surface area contributed by atoms with E-state index in [0.717, 1.165) is 12.0 Å². The number of allylic oxidation sites excluding steroid dienone is 5. The van der Waals surface area contributed by atoms with Crippen molar-refractivity contribution in [1.82, 2.24) is 0 Å². The van der Waals surface area contributed by atoms with Crippen molar-refractivity contribution in [3.05, 3.63) is 59.2 Å². The van der Waals surface area contributed by atoms with Crippen LogP contribution in [0.1, 0.15) is 50.8 Å². The van der Waals surface area contributed by atoms with E-state index in [0.29, 0.717) is 0 Å². The van der Waals surface area contributed by atoms with Gasteiger partial charge in [0.2, 0.25) is 0 Å². The van der Waals surface area contributed by atoms with Gasteiger partial charge in [-0.3, -0.25) is 0 Å². The van der Waals surface area contributed by atoms with Crippen molar-refractivity contribution in [2.24, 2.45) is 0 Å². The molecule has 0 atom stereocenters. The molecule has 1 aromatic carbocycles. The highest BCUT2D eigenvalue weighted by atomic mass is 14.1. The summed E-state index contributed by atoms with van der Waals surface area (Å²) in [5, 5.41) is 0. The number of hydrogen-bond acceptors (Lipinski definition) is 0. The van der Waals surface area contributed by atoms with Crippen molar-refractivity contribution in [3.63, 3.8) is 0 Å². The zero-order chi connectivity index (χ0) is 13.7. The third kappa shape index (κ3) is 3.46. The molecule has 0 fully saturated rings. The summed E-state index contributed by atoms with van der Waals surface area (Å²) in [5.41, 5.74) is 7.68.